The van der Waals surface area contributed by atoms with Crippen molar-refractivity contribution in [1.82, 2.24) is 9.80 Å². The molecule has 2 unspecified atom stereocenters. The standard InChI is InChI=1S/C10H21ClN2/c1-9-4-5-13(8-10(9)11)7-6-12(2)3/h9-10H,4-8H2,1-3H3. The Bertz CT molecular complexity index is 150. The van der Waals surface area contributed by atoms with E-state index in [1.165, 1.54) is 13.0 Å². The van der Waals surface area contributed by atoms with Gasteiger partial charge >= 0.3 is 0 Å². The molecule has 1 fully saturated rings. The molecule has 1 aliphatic heterocycles. The van der Waals surface area contributed by atoms with Gasteiger partial charge in [0.2, 0.25) is 0 Å². The molecule has 3 heteroatoms. The number of rotatable bonds is 3. The van der Waals surface area contributed by atoms with Gasteiger partial charge in [-0.15, -0.1) is 11.6 Å². The van der Waals surface area contributed by atoms with E-state index in [2.05, 4.69) is 30.8 Å². The molecular weight excluding hydrogens is 184 g/mol. The Balaban J connectivity index is 2.21. The average molecular weight is 205 g/mol. The molecule has 2 atom stereocenters. The summed E-state index contributed by atoms with van der Waals surface area (Å²) in [6.07, 6.45) is 1.25. The van der Waals surface area contributed by atoms with Gasteiger partial charge in [-0.3, -0.25) is 0 Å². The molecule has 1 rings (SSSR count). The van der Waals surface area contributed by atoms with Crippen molar-refractivity contribution in [3.63, 3.8) is 0 Å². The normalized spacial score (nSPS) is 31.2. The second-order valence-corrected chi connectivity index (χ2v) is 4.95. The highest BCUT2D eigenvalue weighted by Gasteiger charge is 2.23. The first-order chi connectivity index (χ1) is 6.09. The van der Waals surface area contributed by atoms with E-state index in [1.54, 1.807) is 0 Å². The van der Waals surface area contributed by atoms with Gasteiger partial charge in [0.25, 0.3) is 0 Å². The lowest BCUT2D eigenvalue weighted by Gasteiger charge is -2.34. The minimum atomic E-state index is 0.357. The van der Waals surface area contributed by atoms with Crippen LogP contribution in [0, 0.1) is 5.92 Å². The minimum absolute atomic E-state index is 0.357. The second-order valence-electron chi connectivity index (χ2n) is 4.39. The molecule has 0 aromatic carbocycles. The summed E-state index contributed by atoms with van der Waals surface area (Å²) in [5, 5.41) is 0.357. The van der Waals surface area contributed by atoms with Crippen LogP contribution in [0.3, 0.4) is 0 Å². The fraction of sp³-hybridized carbons (Fsp3) is 1.00. The fourth-order valence-corrected chi connectivity index (χ4v) is 1.95. The molecule has 78 valence electrons. The summed E-state index contributed by atoms with van der Waals surface area (Å²) in [6, 6.07) is 0. The number of likely N-dealkylation sites (N-methyl/N-ethyl adjacent to an activating group) is 1. The first-order valence-corrected chi connectivity index (χ1v) is 5.54. The van der Waals surface area contributed by atoms with E-state index in [0.29, 0.717) is 11.3 Å². The lowest BCUT2D eigenvalue weighted by Crippen LogP contribution is -2.43. The van der Waals surface area contributed by atoms with Crippen molar-refractivity contribution in [2.75, 3.05) is 40.3 Å². The van der Waals surface area contributed by atoms with Gasteiger partial charge in [-0.05, 0) is 33.0 Å². The van der Waals surface area contributed by atoms with Crippen LogP contribution in [0.2, 0.25) is 0 Å². The van der Waals surface area contributed by atoms with Gasteiger partial charge in [0.1, 0.15) is 0 Å². The van der Waals surface area contributed by atoms with E-state index < -0.39 is 0 Å². The van der Waals surface area contributed by atoms with Crippen LogP contribution in [0.1, 0.15) is 13.3 Å². The molecule has 0 radical (unpaired) electrons. The maximum Gasteiger partial charge on any atom is 0.0489 e. The number of halogens is 1. The molecule has 2 nitrogen and oxygen atoms in total. The van der Waals surface area contributed by atoms with Crippen LogP contribution in [-0.4, -0.2) is 55.5 Å². The van der Waals surface area contributed by atoms with Gasteiger partial charge in [-0.1, -0.05) is 6.92 Å². The third kappa shape index (κ3) is 3.84. The topological polar surface area (TPSA) is 6.48 Å². The molecule has 0 saturated carbocycles. The number of piperidine rings is 1. The Labute approximate surface area is 86.8 Å². The summed E-state index contributed by atoms with van der Waals surface area (Å²) in [6.45, 7) is 6.83. The van der Waals surface area contributed by atoms with Crippen molar-refractivity contribution in [1.29, 1.82) is 0 Å². The van der Waals surface area contributed by atoms with Gasteiger partial charge in [0.05, 0.1) is 0 Å². The SMILES string of the molecule is CC1CCN(CCN(C)C)CC1Cl. The Morgan fingerprint density at radius 1 is 1.46 bits per heavy atom. The predicted octanol–water partition coefficient (Wildman–Crippen LogP) is 1.50. The average Bonchev–Trinajstić information content (AvgIpc) is 2.07. The van der Waals surface area contributed by atoms with Crippen LogP contribution in [-0.2, 0) is 0 Å². The van der Waals surface area contributed by atoms with Gasteiger partial charge in [-0.2, -0.15) is 0 Å². The molecule has 0 bridgehead atoms. The van der Waals surface area contributed by atoms with E-state index in [0.717, 1.165) is 19.6 Å². The smallest absolute Gasteiger partial charge is 0.0489 e. The predicted molar refractivity (Wildman–Crippen MR) is 58.4 cm³/mol. The third-order valence-electron chi connectivity index (χ3n) is 2.81. The Hall–Kier alpha value is 0.210. The summed E-state index contributed by atoms with van der Waals surface area (Å²) in [5.41, 5.74) is 0. The zero-order valence-corrected chi connectivity index (χ0v) is 9.72. The highest BCUT2D eigenvalue weighted by Crippen LogP contribution is 2.21. The monoisotopic (exact) mass is 204 g/mol. The fourth-order valence-electron chi connectivity index (χ4n) is 1.63. The van der Waals surface area contributed by atoms with Crippen LogP contribution < -0.4 is 0 Å². The lowest BCUT2D eigenvalue weighted by atomic mass is 9.99. The quantitative estimate of drug-likeness (QED) is 0.643. The number of hydrogen-bond acceptors (Lipinski definition) is 2. The molecule has 13 heavy (non-hydrogen) atoms. The minimum Gasteiger partial charge on any atom is -0.308 e. The third-order valence-corrected chi connectivity index (χ3v) is 3.38. The van der Waals surface area contributed by atoms with Crippen molar-refractivity contribution in [2.45, 2.75) is 18.7 Å². The van der Waals surface area contributed by atoms with Crippen molar-refractivity contribution in [3.05, 3.63) is 0 Å². The van der Waals surface area contributed by atoms with Gasteiger partial charge in [-0.25, -0.2) is 0 Å². The summed E-state index contributed by atoms with van der Waals surface area (Å²) in [4.78, 5) is 4.69. The Morgan fingerprint density at radius 3 is 2.69 bits per heavy atom. The zero-order chi connectivity index (χ0) is 9.84. The largest absolute Gasteiger partial charge is 0.308 e. The summed E-state index contributed by atoms with van der Waals surface area (Å²) in [7, 11) is 4.23. The Morgan fingerprint density at radius 2 is 2.15 bits per heavy atom. The Kier molecular flexibility index (Phi) is 4.50. The number of hydrogen-bond donors (Lipinski definition) is 0. The summed E-state index contributed by atoms with van der Waals surface area (Å²) < 4.78 is 0. The van der Waals surface area contributed by atoms with Gasteiger partial charge < -0.3 is 9.80 Å². The zero-order valence-electron chi connectivity index (χ0n) is 8.96. The van der Waals surface area contributed by atoms with Crippen molar-refractivity contribution in [2.24, 2.45) is 5.92 Å². The van der Waals surface area contributed by atoms with Gasteiger partial charge in [0.15, 0.2) is 0 Å². The number of nitrogens with zero attached hydrogens (tertiary/aromatic N) is 2. The maximum absolute atomic E-state index is 6.22. The molecule has 0 N–H and O–H groups in total. The first-order valence-electron chi connectivity index (χ1n) is 5.10. The van der Waals surface area contributed by atoms with Crippen LogP contribution in [0.4, 0.5) is 0 Å². The van der Waals surface area contributed by atoms with Crippen LogP contribution >= 0.6 is 11.6 Å². The van der Waals surface area contributed by atoms with Gasteiger partial charge in [0, 0.05) is 25.0 Å². The maximum atomic E-state index is 6.22. The van der Waals surface area contributed by atoms with Crippen LogP contribution in [0.25, 0.3) is 0 Å². The van der Waals surface area contributed by atoms with Crippen LogP contribution in [0.5, 0.6) is 0 Å². The van der Waals surface area contributed by atoms with Crippen molar-refractivity contribution >= 4 is 11.6 Å². The molecule has 0 aromatic heterocycles. The van der Waals surface area contributed by atoms with E-state index in [-0.39, 0.29) is 0 Å². The highest BCUT2D eigenvalue weighted by atomic mass is 35.5. The summed E-state index contributed by atoms with van der Waals surface area (Å²) >= 11 is 6.22. The molecule has 0 amide bonds. The molecule has 1 saturated heterocycles. The highest BCUT2D eigenvalue weighted by molar-refractivity contribution is 6.21. The molecule has 0 aliphatic carbocycles. The van der Waals surface area contributed by atoms with E-state index in [4.69, 9.17) is 11.6 Å². The van der Waals surface area contributed by atoms with E-state index in [1.807, 2.05) is 0 Å². The molecule has 0 aromatic rings. The molecular formula is C10H21ClN2. The molecule has 1 aliphatic rings. The van der Waals surface area contributed by atoms with Crippen molar-refractivity contribution in [3.8, 4) is 0 Å². The number of likely N-dealkylation sites (tertiary alicyclic amines) is 1. The van der Waals surface area contributed by atoms with E-state index >= 15 is 0 Å². The lowest BCUT2D eigenvalue weighted by molar-refractivity contribution is 0.181. The second kappa shape index (κ2) is 5.18. The summed E-state index contributed by atoms with van der Waals surface area (Å²) in [5.74, 6) is 0.692. The number of alkyl halides is 1. The van der Waals surface area contributed by atoms with Crippen LogP contribution in [0.15, 0.2) is 0 Å². The first kappa shape index (κ1) is 11.3. The van der Waals surface area contributed by atoms with Crippen molar-refractivity contribution < 1.29 is 0 Å². The van der Waals surface area contributed by atoms with E-state index in [9.17, 15) is 0 Å². The molecule has 1 heterocycles. The molecule has 0 spiro atoms.